The average molecular weight is 458 g/mol. The van der Waals surface area contributed by atoms with Gasteiger partial charge in [0.2, 0.25) is 0 Å². The summed E-state index contributed by atoms with van der Waals surface area (Å²) in [6, 6.07) is 13.9. The van der Waals surface area contributed by atoms with Crippen LogP contribution in [-0.4, -0.2) is 27.8 Å². The summed E-state index contributed by atoms with van der Waals surface area (Å²) in [6.45, 7) is 8.14. The fourth-order valence-corrected chi connectivity index (χ4v) is 4.67. The van der Waals surface area contributed by atoms with E-state index in [-0.39, 0.29) is 10.3 Å². The number of hydrogen-bond acceptors (Lipinski definition) is 4. The highest BCUT2D eigenvalue weighted by Gasteiger charge is 2.20. The van der Waals surface area contributed by atoms with E-state index in [1.165, 1.54) is 4.52 Å². The summed E-state index contributed by atoms with van der Waals surface area (Å²) >= 11 is 6.36. The first-order valence-corrected chi connectivity index (χ1v) is 11.6. The van der Waals surface area contributed by atoms with Gasteiger partial charge in [-0.25, -0.2) is 12.9 Å². The molecule has 4 rings (SSSR count). The molecular weight excluding hydrogens is 434 g/mol. The second-order valence-electron chi connectivity index (χ2n) is 8.57. The monoisotopic (exact) mass is 457 g/mol. The maximum atomic E-state index is 13.0. The number of aromatic nitrogens is 4. The van der Waals surface area contributed by atoms with Gasteiger partial charge >= 0.3 is 0 Å². The van der Waals surface area contributed by atoms with Gasteiger partial charge in [-0.1, -0.05) is 44.5 Å². The lowest BCUT2D eigenvalue weighted by molar-refractivity contribution is 0.587. The summed E-state index contributed by atoms with van der Waals surface area (Å²) in [6.07, 6.45) is 0. The third kappa shape index (κ3) is 4.05. The molecular formula is C22H24ClN5O2S. The maximum absolute atomic E-state index is 13.0. The topological polar surface area (TPSA) is 81.3 Å². The van der Waals surface area contributed by atoms with Gasteiger partial charge in [0.1, 0.15) is 11.5 Å². The van der Waals surface area contributed by atoms with Crippen LogP contribution in [0.2, 0.25) is 5.02 Å². The zero-order valence-corrected chi connectivity index (χ0v) is 19.6. The van der Waals surface area contributed by atoms with E-state index in [1.54, 1.807) is 28.9 Å². The smallest absolute Gasteiger partial charge is 0.263 e. The molecule has 3 aromatic heterocycles. The Labute approximate surface area is 186 Å². The van der Waals surface area contributed by atoms with Crippen LogP contribution in [0.15, 0.2) is 53.4 Å². The first-order chi connectivity index (χ1) is 14.5. The lowest BCUT2D eigenvalue weighted by Crippen LogP contribution is -2.16. The van der Waals surface area contributed by atoms with Crippen molar-refractivity contribution in [2.75, 3.05) is 4.72 Å². The maximum Gasteiger partial charge on any atom is 0.263 e. The number of anilines is 1. The first-order valence-electron chi connectivity index (χ1n) is 9.78. The van der Waals surface area contributed by atoms with E-state index in [4.69, 9.17) is 11.6 Å². The fraction of sp³-hybridized carbons (Fsp3) is 0.273. The third-order valence-electron chi connectivity index (χ3n) is 5.10. The minimum atomic E-state index is -3.81. The molecule has 0 atom stereocenters. The zero-order chi connectivity index (χ0) is 22.6. The number of aryl methyl sites for hydroxylation is 2. The van der Waals surface area contributed by atoms with Crippen LogP contribution in [0.4, 0.5) is 5.82 Å². The highest BCUT2D eigenvalue weighted by Crippen LogP contribution is 2.29. The highest BCUT2D eigenvalue weighted by molar-refractivity contribution is 7.92. The second-order valence-corrected chi connectivity index (χ2v) is 10.7. The molecule has 0 bridgehead atoms. The van der Waals surface area contributed by atoms with Crippen LogP contribution in [0, 0.1) is 6.92 Å². The Kier molecular flexibility index (Phi) is 5.10. The minimum absolute atomic E-state index is 0.0618. The average Bonchev–Trinajstić information content (AvgIpc) is 3.27. The van der Waals surface area contributed by atoms with Crippen LogP contribution >= 0.6 is 11.6 Å². The molecule has 0 amide bonds. The summed E-state index contributed by atoms with van der Waals surface area (Å²) in [7, 11) is -1.98. The molecule has 0 fully saturated rings. The molecule has 1 N–H and O–H groups in total. The zero-order valence-electron chi connectivity index (χ0n) is 18.0. The number of benzene rings is 1. The second kappa shape index (κ2) is 7.39. The van der Waals surface area contributed by atoms with Gasteiger partial charge in [0, 0.05) is 7.05 Å². The van der Waals surface area contributed by atoms with E-state index in [0.717, 1.165) is 17.0 Å². The summed E-state index contributed by atoms with van der Waals surface area (Å²) in [4.78, 5) is 0.179. The van der Waals surface area contributed by atoms with Gasteiger partial charge in [-0.2, -0.15) is 10.2 Å². The van der Waals surface area contributed by atoms with Crippen molar-refractivity contribution >= 4 is 33.0 Å². The normalized spacial score (nSPS) is 12.5. The Morgan fingerprint density at radius 3 is 2.26 bits per heavy atom. The molecule has 1 aromatic carbocycles. The molecule has 0 aliphatic carbocycles. The Bertz CT molecular complexity index is 1380. The Hall–Kier alpha value is -2.84. The Balaban J connectivity index is 1.74. The number of nitrogens with one attached hydrogen (secondary N) is 1. The number of halogens is 1. The van der Waals surface area contributed by atoms with Gasteiger partial charge in [0.15, 0.2) is 0 Å². The van der Waals surface area contributed by atoms with E-state index < -0.39 is 10.0 Å². The molecule has 9 heteroatoms. The van der Waals surface area contributed by atoms with Crippen LogP contribution in [0.3, 0.4) is 0 Å². The standard InChI is InChI=1S/C22H24ClN5O2S/c1-14-12-20(27(5)24-14)18-13-19-17(23)10-11-21(28(19)25-18)26-31(29,30)16-8-6-15(7-9-16)22(2,3)4/h6-13,26H,1-5H3. The number of pyridine rings is 1. The largest absolute Gasteiger partial charge is 0.266 e. The summed E-state index contributed by atoms with van der Waals surface area (Å²) in [5.74, 6) is 0.296. The number of fused-ring (bicyclic) bond motifs is 1. The first kappa shape index (κ1) is 21.4. The van der Waals surface area contributed by atoms with Gasteiger partial charge < -0.3 is 0 Å². The summed E-state index contributed by atoms with van der Waals surface area (Å²) in [5.41, 5.74) is 3.91. The van der Waals surface area contributed by atoms with Gasteiger partial charge in [-0.05, 0) is 54.3 Å². The van der Waals surface area contributed by atoms with Crippen molar-refractivity contribution in [3.63, 3.8) is 0 Å². The van der Waals surface area contributed by atoms with Gasteiger partial charge in [0.25, 0.3) is 10.0 Å². The van der Waals surface area contributed by atoms with Crippen LogP contribution in [0.5, 0.6) is 0 Å². The van der Waals surface area contributed by atoms with Crippen LogP contribution < -0.4 is 4.72 Å². The molecule has 0 saturated carbocycles. The lowest BCUT2D eigenvalue weighted by Gasteiger charge is -2.19. The van der Waals surface area contributed by atoms with Crippen molar-refractivity contribution in [2.24, 2.45) is 7.05 Å². The third-order valence-corrected chi connectivity index (χ3v) is 6.79. The van der Waals surface area contributed by atoms with Crippen molar-refractivity contribution in [1.29, 1.82) is 0 Å². The minimum Gasteiger partial charge on any atom is -0.266 e. The summed E-state index contributed by atoms with van der Waals surface area (Å²) in [5, 5.41) is 9.40. The number of hydrogen-bond donors (Lipinski definition) is 1. The molecule has 0 spiro atoms. The molecule has 4 aromatic rings. The van der Waals surface area contributed by atoms with Crippen LogP contribution in [0.25, 0.3) is 16.9 Å². The van der Waals surface area contributed by atoms with Gasteiger partial charge in [-0.3, -0.25) is 9.40 Å². The predicted octanol–water partition coefficient (Wildman–Crippen LogP) is 4.79. The number of sulfonamides is 1. The molecule has 0 saturated heterocycles. The number of rotatable bonds is 4. The van der Waals surface area contributed by atoms with E-state index in [9.17, 15) is 8.42 Å². The fourth-order valence-electron chi connectivity index (χ4n) is 3.43. The van der Waals surface area contributed by atoms with Gasteiger partial charge in [-0.15, -0.1) is 0 Å². The van der Waals surface area contributed by atoms with Crippen molar-refractivity contribution in [3.8, 4) is 11.4 Å². The molecule has 0 radical (unpaired) electrons. The van der Waals surface area contributed by atoms with Crippen molar-refractivity contribution in [2.45, 2.75) is 38.0 Å². The lowest BCUT2D eigenvalue weighted by atomic mass is 9.87. The van der Waals surface area contributed by atoms with Gasteiger partial charge in [0.05, 0.1) is 26.8 Å². The molecule has 7 nitrogen and oxygen atoms in total. The van der Waals surface area contributed by atoms with E-state index in [1.807, 2.05) is 38.2 Å². The van der Waals surface area contributed by atoms with E-state index in [2.05, 4.69) is 35.7 Å². The van der Waals surface area contributed by atoms with Crippen LogP contribution in [-0.2, 0) is 22.5 Å². The molecule has 162 valence electrons. The quantitative estimate of drug-likeness (QED) is 0.477. The molecule has 0 aliphatic heterocycles. The predicted molar refractivity (Wildman–Crippen MR) is 123 cm³/mol. The molecule has 31 heavy (non-hydrogen) atoms. The van der Waals surface area contributed by atoms with Crippen molar-refractivity contribution in [3.05, 3.63) is 64.8 Å². The van der Waals surface area contributed by atoms with E-state index >= 15 is 0 Å². The Morgan fingerprint density at radius 1 is 1.00 bits per heavy atom. The molecule has 3 heterocycles. The van der Waals surface area contributed by atoms with Crippen molar-refractivity contribution in [1.82, 2.24) is 19.4 Å². The SMILES string of the molecule is Cc1cc(-c2cc3c(Cl)ccc(NS(=O)(=O)c4ccc(C(C)(C)C)cc4)n3n2)n(C)n1. The Morgan fingerprint density at radius 2 is 1.68 bits per heavy atom. The number of nitrogens with zero attached hydrogens (tertiary/aromatic N) is 4. The highest BCUT2D eigenvalue weighted by atomic mass is 35.5. The van der Waals surface area contributed by atoms with E-state index in [0.29, 0.717) is 22.1 Å². The molecule has 0 unspecified atom stereocenters. The summed E-state index contributed by atoms with van der Waals surface area (Å²) < 4.78 is 31.9. The van der Waals surface area contributed by atoms with Crippen molar-refractivity contribution < 1.29 is 8.42 Å². The molecule has 0 aliphatic rings. The van der Waals surface area contributed by atoms with Crippen LogP contribution in [0.1, 0.15) is 32.0 Å².